The topological polar surface area (TPSA) is 72.0 Å². The minimum Gasteiger partial charge on any atom is -0.279 e. The Morgan fingerprint density at radius 1 is 1.20 bits per heavy atom. The van der Waals surface area contributed by atoms with Crippen molar-refractivity contribution in [2.45, 2.75) is 4.21 Å². The first-order valence-electron chi connectivity index (χ1n) is 5.53. The smallest absolute Gasteiger partial charge is 0.273 e. The fraction of sp³-hybridized carbons (Fsp3) is 0. The van der Waals surface area contributed by atoms with Gasteiger partial charge in [0.15, 0.2) is 8.68 Å². The van der Waals surface area contributed by atoms with E-state index in [0.29, 0.717) is 5.69 Å². The van der Waals surface area contributed by atoms with Crippen molar-refractivity contribution in [1.29, 1.82) is 0 Å². The SMILES string of the molecule is O=S(=O)(Nc1ccc2ncccc2c1)c1cnc(Cl)s1. The predicted octanol–water partition coefficient (Wildman–Crippen LogP) is 3.15. The predicted molar refractivity (Wildman–Crippen MR) is 79.7 cm³/mol. The van der Waals surface area contributed by atoms with E-state index in [2.05, 4.69) is 14.7 Å². The van der Waals surface area contributed by atoms with Gasteiger partial charge in [0.25, 0.3) is 10.0 Å². The third kappa shape index (κ3) is 2.60. The van der Waals surface area contributed by atoms with Crippen LogP contribution in [0, 0.1) is 0 Å². The average molecular weight is 326 g/mol. The van der Waals surface area contributed by atoms with Crippen molar-refractivity contribution in [3.8, 4) is 0 Å². The van der Waals surface area contributed by atoms with E-state index in [4.69, 9.17) is 11.6 Å². The zero-order valence-corrected chi connectivity index (χ0v) is 12.3. The molecule has 0 aliphatic rings. The second-order valence-corrected chi connectivity index (χ2v) is 7.47. The van der Waals surface area contributed by atoms with Crippen LogP contribution in [0.25, 0.3) is 10.9 Å². The lowest BCUT2D eigenvalue weighted by Gasteiger charge is -2.06. The van der Waals surface area contributed by atoms with Crippen LogP contribution in [0.15, 0.2) is 46.9 Å². The van der Waals surface area contributed by atoms with E-state index in [-0.39, 0.29) is 8.68 Å². The minimum atomic E-state index is -3.66. The van der Waals surface area contributed by atoms with Gasteiger partial charge in [-0.1, -0.05) is 29.0 Å². The molecule has 0 saturated carbocycles. The number of benzene rings is 1. The van der Waals surface area contributed by atoms with Crippen molar-refractivity contribution in [2.75, 3.05) is 4.72 Å². The number of nitrogens with one attached hydrogen (secondary N) is 1. The maximum absolute atomic E-state index is 12.1. The van der Waals surface area contributed by atoms with Crippen LogP contribution >= 0.6 is 22.9 Å². The van der Waals surface area contributed by atoms with Gasteiger partial charge in [0, 0.05) is 17.3 Å². The van der Waals surface area contributed by atoms with Crippen LogP contribution < -0.4 is 4.72 Å². The summed E-state index contributed by atoms with van der Waals surface area (Å²) in [5.41, 5.74) is 1.27. The molecule has 0 atom stereocenters. The van der Waals surface area contributed by atoms with E-state index in [1.165, 1.54) is 6.20 Å². The van der Waals surface area contributed by atoms with Gasteiger partial charge in [0.05, 0.1) is 11.7 Å². The lowest BCUT2D eigenvalue weighted by Crippen LogP contribution is -2.11. The molecule has 5 nitrogen and oxygen atoms in total. The highest BCUT2D eigenvalue weighted by atomic mass is 35.5. The number of rotatable bonds is 3. The van der Waals surface area contributed by atoms with E-state index >= 15 is 0 Å². The molecule has 3 rings (SSSR count). The van der Waals surface area contributed by atoms with Crippen molar-refractivity contribution in [3.05, 3.63) is 47.2 Å². The summed E-state index contributed by atoms with van der Waals surface area (Å²) >= 11 is 6.56. The molecule has 2 aromatic heterocycles. The monoisotopic (exact) mass is 325 g/mol. The van der Waals surface area contributed by atoms with Crippen LogP contribution in [-0.2, 0) is 10.0 Å². The van der Waals surface area contributed by atoms with Gasteiger partial charge in [-0.3, -0.25) is 9.71 Å². The highest BCUT2D eigenvalue weighted by Gasteiger charge is 2.17. The largest absolute Gasteiger partial charge is 0.279 e. The molecule has 0 amide bonds. The molecule has 0 radical (unpaired) electrons. The third-order valence-electron chi connectivity index (χ3n) is 2.58. The van der Waals surface area contributed by atoms with Crippen molar-refractivity contribution < 1.29 is 8.42 Å². The van der Waals surface area contributed by atoms with E-state index in [9.17, 15) is 8.42 Å². The number of fused-ring (bicyclic) bond motifs is 1. The lowest BCUT2D eigenvalue weighted by atomic mass is 10.2. The summed E-state index contributed by atoms with van der Waals surface area (Å²) in [5.74, 6) is 0. The van der Waals surface area contributed by atoms with Gasteiger partial charge in [-0.25, -0.2) is 13.4 Å². The normalized spacial score (nSPS) is 11.7. The Balaban J connectivity index is 1.96. The van der Waals surface area contributed by atoms with Gasteiger partial charge in [0.2, 0.25) is 0 Å². The number of nitrogens with zero attached hydrogens (tertiary/aromatic N) is 2. The number of hydrogen-bond donors (Lipinski definition) is 1. The van der Waals surface area contributed by atoms with Crippen LogP contribution in [0.5, 0.6) is 0 Å². The van der Waals surface area contributed by atoms with Crippen molar-refractivity contribution >= 4 is 49.6 Å². The quantitative estimate of drug-likeness (QED) is 0.803. The summed E-state index contributed by atoms with van der Waals surface area (Å²) in [7, 11) is -3.66. The molecule has 102 valence electrons. The molecule has 2 heterocycles. The van der Waals surface area contributed by atoms with E-state index in [1.807, 2.05) is 6.07 Å². The molecular weight excluding hydrogens is 318 g/mol. The van der Waals surface area contributed by atoms with E-state index in [1.54, 1.807) is 30.5 Å². The van der Waals surface area contributed by atoms with Gasteiger partial charge < -0.3 is 0 Å². The van der Waals surface area contributed by atoms with Crippen LogP contribution in [0.1, 0.15) is 0 Å². The number of sulfonamides is 1. The van der Waals surface area contributed by atoms with Crippen LogP contribution in [-0.4, -0.2) is 18.4 Å². The van der Waals surface area contributed by atoms with Crippen LogP contribution in [0.3, 0.4) is 0 Å². The second kappa shape index (κ2) is 5.01. The average Bonchev–Trinajstić information content (AvgIpc) is 2.86. The molecule has 1 N–H and O–H groups in total. The molecule has 0 bridgehead atoms. The zero-order chi connectivity index (χ0) is 14.2. The Morgan fingerprint density at radius 2 is 2.05 bits per heavy atom. The standard InChI is InChI=1S/C12H8ClN3O2S2/c13-12-15-7-11(19-12)20(17,18)16-9-3-4-10-8(6-9)2-1-5-14-10/h1-7,16H. The Labute approximate surface area is 124 Å². The molecule has 3 aromatic rings. The molecule has 0 fully saturated rings. The van der Waals surface area contributed by atoms with Crippen molar-refractivity contribution in [2.24, 2.45) is 0 Å². The first-order chi connectivity index (χ1) is 9.54. The number of anilines is 1. The summed E-state index contributed by atoms with van der Waals surface area (Å²) in [6.07, 6.45) is 2.92. The Morgan fingerprint density at radius 3 is 2.80 bits per heavy atom. The first-order valence-corrected chi connectivity index (χ1v) is 8.21. The lowest BCUT2D eigenvalue weighted by molar-refractivity contribution is 0.603. The molecule has 0 aliphatic heterocycles. The molecule has 0 saturated heterocycles. The maximum atomic E-state index is 12.1. The summed E-state index contributed by atoms with van der Waals surface area (Å²) in [6, 6.07) is 8.80. The molecule has 0 spiro atoms. The summed E-state index contributed by atoms with van der Waals surface area (Å²) in [5, 5.41) is 0.857. The Bertz CT molecular complexity index is 877. The van der Waals surface area contributed by atoms with Crippen molar-refractivity contribution in [1.82, 2.24) is 9.97 Å². The number of thiazole rings is 1. The van der Waals surface area contributed by atoms with Crippen molar-refractivity contribution in [3.63, 3.8) is 0 Å². The molecule has 20 heavy (non-hydrogen) atoms. The van der Waals surface area contributed by atoms with E-state index in [0.717, 1.165) is 22.2 Å². The van der Waals surface area contributed by atoms with Crippen LogP contribution in [0.2, 0.25) is 4.47 Å². The summed E-state index contributed by atoms with van der Waals surface area (Å²) < 4.78 is 27.0. The van der Waals surface area contributed by atoms with Gasteiger partial charge >= 0.3 is 0 Å². The Kier molecular flexibility index (Phi) is 3.33. The summed E-state index contributed by atoms with van der Waals surface area (Å²) in [6.45, 7) is 0. The number of pyridine rings is 1. The number of hydrogen-bond acceptors (Lipinski definition) is 5. The highest BCUT2D eigenvalue weighted by molar-refractivity contribution is 7.94. The van der Waals surface area contributed by atoms with Gasteiger partial charge in [-0.2, -0.15) is 0 Å². The van der Waals surface area contributed by atoms with Gasteiger partial charge in [-0.05, 0) is 24.3 Å². The Hall–Kier alpha value is -1.70. The maximum Gasteiger partial charge on any atom is 0.273 e. The minimum absolute atomic E-state index is 0.0776. The molecule has 8 heteroatoms. The fourth-order valence-electron chi connectivity index (χ4n) is 1.71. The fourth-order valence-corrected chi connectivity index (χ4v) is 4.05. The highest BCUT2D eigenvalue weighted by Crippen LogP contribution is 2.25. The van der Waals surface area contributed by atoms with Gasteiger partial charge in [-0.15, -0.1) is 0 Å². The number of aromatic nitrogens is 2. The number of halogens is 1. The third-order valence-corrected chi connectivity index (χ3v) is 5.53. The van der Waals surface area contributed by atoms with Crippen LogP contribution in [0.4, 0.5) is 5.69 Å². The summed E-state index contributed by atoms with van der Waals surface area (Å²) in [4.78, 5) is 7.91. The first kappa shape index (κ1) is 13.3. The van der Waals surface area contributed by atoms with Gasteiger partial charge in [0.1, 0.15) is 0 Å². The molecular formula is C12H8ClN3O2S2. The molecule has 0 unspecified atom stereocenters. The second-order valence-electron chi connectivity index (χ2n) is 3.95. The zero-order valence-electron chi connectivity index (χ0n) is 9.95. The van der Waals surface area contributed by atoms with E-state index < -0.39 is 10.0 Å². The molecule has 1 aromatic carbocycles. The molecule has 0 aliphatic carbocycles.